The predicted octanol–water partition coefficient (Wildman–Crippen LogP) is 3.12. The highest BCUT2D eigenvalue weighted by Gasteiger charge is 2.19. The number of hydrogen-bond donors (Lipinski definition) is 1. The van der Waals surface area contributed by atoms with Gasteiger partial charge in [-0.1, -0.05) is 18.9 Å². The minimum absolute atomic E-state index is 0.0199. The molecule has 0 saturated carbocycles. The van der Waals surface area contributed by atoms with Crippen LogP contribution >= 0.6 is 0 Å². The summed E-state index contributed by atoms with van der Waals surface area (Å²) in [6.07, 6.45) is 6.11. The van der Waals surface area contributed by atoms with Crippen LogP contribution in [-0.2, 0) is 6.54 Å². The Bertz CT molecular complexity index is 774. The summed E-state index contributed by atoms with van der Waals surface area (Å²) in [6, 6.07) is 7.38. The molecule has 1 aromatic heterocycles. The van der Waals surface area contributed by atoms with Gasteiger partial charge in [0.2, 0.25) is 5.95 Å². The first kappa shape index (κ1) is 18.9. The van der Waals surface area contributed by atoms with Crippen molar-refractivity contribution in [3.63, 3.8) is 0 Å². The number of carbonyl (C=O) groups excluding carboxylic acids is 1. The number of nitrogens with one attached hydrogen (secondary N) is 1. The van der Waals surface area contributed by atoms with Crippen molar-refractivity contribution in [3.05, 3.63) is 41.7 Å². The van der Waals surface area contributed by atoms with E-state index in [1.807, 2.05) is 23.1 Å². The van der Waals surface area contributed by atoms with Crippen LogP contribution in [0, 0.1) is 0 Å². The van der Waals surface area contributed by atoms with E-state index in [9.17, 15) is 4.79 Å². The molecule has 7 nitrogen and oxygen atoms in total. The molecule has 0 aliphatic carbocycles. The zero-order valence-electron chi connectivity index (χ0n) is 15.9. The molecule has 0 radical (unpaired) electrons. The molecule has 1 aromatic carbocycles. The van der Waals surface area contributed by atoms with Crippen LogP contribution in [0.4, 0.5) is 5.95 Å². The van der Waals surface area contributed by atoms with Crippen LogP contribution < -0.4 is 14.8 Å². The van der Waals surface area contributed by atoms with Gasteiger partial charge in [-0.05, 0) is 36.6 Å². The number of carbonyl (C=O) groups is 1. The van der Waals surface area contributed by atoms with E-state index in [2.05, 4.69) is 15.3 Å². The molecule has 3 rings (SSSR count). The van der Waals surface area contributed by atoms with Crippen molar-refractivity contribution in [3.8, 4) is 11.5 Å². The van der Waals surface area contributed by atoms with Crippen LogP contribution in [0.5, 0.6) is 11.5 Å². The van der Waals surface area contributed by atoms with Gasteiger partial charge in [-0.2, -0.15) is 0 Å². The average Bonchev–Trinajstić information content (AvgIpc) is 3.01. The van der Waals surface area contributed by atoms with E-state index in [0.29, 0.717) is 29.7 Å². The molecular formula is C20H26N4O3. The molecule has 2 aromatic rings. The molecule has 0 spiro atoms. The van der Waals surface area contributed by atoms with Crippen molar-refractivity contribution < 1.29 is 14.3 Å². The fourth-order valence-corrected chi connectivity index (χ4v) is 3.17. The standard InChI is InChI=1S/C20H26N4O3/c1-26-17-8-7-15(13-18(17)27-2)14-22-20-21-10-9-16(23-20)19(25)24-11-5-3-4-6-12-24/h7-10,13H,3-6,11-12,14H2,1-2H3,(H,21,22,23). The molecule has 1 amide bonds. The fraction of sp³-hybridized carbons (Fsp3) is 0.450. The summed E-state index contributed by atoms with van der Waals surface area (Å²) in [7, 11) is 3.21. The maximum atomic E-state index is 12.7. The first-order chi connectivity index (χ1) is 13.2. The van der Waals surface area contributed by atoms with Crippen LogP contribution in [-0.4, -0.2) is 48.1 Å². The summed E-state index contributed by atoms with van der Waals surface area (Å²) in [6.45, 7) is 2.12. The molecular weight excluding hydrogens is 344 g/mol. The van der Waals surface area contributed by atoms with Gasteiger partial charge < -0.3 is 19.7 Å². The van der Waals surface area contributed by atoms with Crippen molar-refractivity contribution in [2.75, 3.05) is 32.6 Å². The molecule has 1 saturated heterocycles. The molecule has 0 unspecified atom stereocenters. The van der Waals surface area contributed by atoms with Crippen molar-refractivity contribution in [1.82, 2.24) is 14.9 Å². The smallest absolute Gasteiger partial charge is 0.272 e. The Morgan fingerprint density at radius 2 is 1.81 bits per heavy atom. The van der Waals surface area contributed by atoms with Gasteiger partial charge in [-0.25, -0.2) is 9.97 Å². The second-order valence-electron chi connectivity index (χ2n) is 6.51. The zero-order chi connectivity index (χ0) is 19.1. The number of methoxy groups -OCH3 is 2. The van der Waals surface area contributed by atoms with E-state index in [0.717, 1.165) is 31.5 Å². The van der Waals surface area contributed by atoms with Crippen LogP contribution in [0.2, 0.25) is 0 Å². The van der Waals surface area contributed by atoms with Gasteiger partial charge in [0, 0.05) is 25.8 Å². The van der Waals surface area contributed by atoms with Crippen molar-refractivity contribution in [1.29, 1.82) is 0 Å². The van der Waals surface area contributed by atoms with E-state index < -0.39 is 0 Å². The third kappa shape index (κ3) is 4.87. The molecule has 2 heterocycles. The Kier molecular flexibility index (Phi) is 6.46. The minimum atomic E-state index is -0.0199. The summed E-state index contributed by atoms with van der Waals surface area (Å²) in [5, 5.41) is 3.17. The van der Waals surface area contributed by atoms with E-state index in [-0.39, 0.29) is 5.91 Å². The molecule has 1 fully saturated rings. The highest BCUT2D eigenvalue weighted by molar-refractivity contribution is 5.92. The third-order valence-corrected chi connectivity index (χ3v) is 4.67. The SMILES string of the molecule is COc1ccc(CNc2nccc(C(=O)N3CCCCCC3)n2)cc1OC. The lowest BCUT2D eigenvalue weighted by Gasteiger charge is -2.19. The monoisotopic (exact) mass is 370 g/mol. The van der Waals surface area contributed by atoms with Gasteiger partial charge in [0.1, 0.15) is 5.69 Å². The molecule has 27 heavy (non-hydrogen) atoms. The lowest BCUT2D eigenvalue weighted by molar-refractivity contribution is 0.0755. The Balaban J connectivity index is 1.66. The maximum Gasteiger partial charge on any atom is 0.272 e. The Labute approximate surface area is 159 Å². The number of anilines is 1. The molecule has 0 bridgehead atoms. The second kappa shape index (κ2) is 9.21. The highest BCUT2D eigenvalue weighted by Crippen LogP contribution is 2.27. The van der Waals surface area contributed by atoms with Gasteiger partial charge in [0.15, 0.2) is 11.5 Å². The second-order valence-corrected chi connectivity index (χ2v) is 6.51. The summed E-state index contributed by atoms with van der Waals surface area (Å²) in [5.41, 5.74) is 1.43. The number of benzene rings is 1. The highest BCUT2D eigenvalue weighted by atomic mass is 16.5. The normalized spacial score (nSPS) is 14.4. The van der Waals surface area contributed by atoms with Crippen molar-refractivity contribution in [2.24, 2.45) is 0 Å². The van der Waals surface area contributed by atoms with Crippen LogP contribution in [0.1, 0.15) is 41.7 Å². The van der Waals surface area contributed by atoms with E-state index in [1.54, 1.807) is 26.5 Å². The number of hydrogen-bond acceptors (Lipinski definition) is 6. The lowest BCUT2D eigenvalue weighted by Crippen LogP contribution is -2.32. The Morgan fingerprint density at radius 1 is 1.07 bits per heavy atom. The molecule has 0 atom stereocenters. The number of nitrogens with zero attached hydrogens (tertiary/aromatic N) is 3. The topological polar surface area (TPSA) is 76.6 Å². The van der Waals surface area contributed by atoms with Gasteiger partial charge in [0.25, 0.3) is 5.91 Å². The summed E-state index contributed by atoms with van der Waals surface area (Å²) in [5.74, 6) is 1.77. The number of ether oxygens (including phenoxy) is 2. The molecule has 1 aliphatic heterocycles. The molecule has 1 aliphatic rings. The van der Waals surface area contributed by atoms with Gasteiger partial charge in [-0.3, -0.25) is 4.79 Å². The van der Waals surface area contributed by atoms with Crippen molar-refractivity contribution in [2.45, 2.75) is 32.2 Å². The lowest BCUT2D eigenvalue weighted by atomic mass is 10.2. The molecule has 7 heteroatoms. The molecule has 144 valence electrons. The number of rotatable bonds is 6. The molecule has 1 N–H and O–H groups in total. The Hall–Kier alpha value is -2.83. The number of likely N-dealkylation sites (tertiary alicyclic amines) is 1. The maximum absolute atomic E-state index is 12.7. The van der Waals surface area contributed by atoms with E-state index in [4.69, 9.17) is 9.47 Å². The van der Waals surface area contributed by atoms with E-state index in [1.165, 1.54) is 12.8 Å². The van der Waals surface area contributed by atoms with Gasteiger partial charge in [0.05, 0.1) is 14.2 Å². The summed E-state index contributed by atoms with van der Waals surface area (Å²) in [4.78, 5) is 23.2. The average molecular weight is 370 g/mol. The van der Waals surface area contributed by atoms with Gasteiger partial charge >= 0.3 is 0 Å². The van der Waals surface area contributed by atoms with Crippen LogP contribution in [0.15, 0.2) is 30.5 Å². The van der Waals surface area contributed by atoms with Crippen molar-refractivity contribution >= 4 is 11.9 Å². The van der Waals surface area contributed by atoms with Crippen LogP contribution in [0.3, 0.4) is 0 Å². The third-order valence-electron chi connectivity index (χ3n) is 4.67. The largest absolute Gasteiger partial charge is 0.493 e. The van der Waals surface area contributed by atoms with Gasteiger partial charge in [-0.15, -0.1) is 0 Å². The number of amides is 1. The van der Waals surface area contributed by atoms with E-state index >= 15 is 0 Å². The minimum Gasteiger partial charge on any atom is -0.493 e. The summed E-state index contributed by atoms with van der Waals surface area (Å²) < 4.78 is 10.6. The summed E-state index contributed by atoms with van der Waals surface area (Å²) >= 11 is 0. The van der Waals surface area contributed by atoms with Crippen LogP contribution in [0.25, 0.3) is 0 Å². The Morgan fingerprint density at radius 3 is 2.52 bits per heavy atom. The predicted molar refractivity (Wildman–Crippen MR) is 103 cm³/mol. The zero-order valence-corrected chi connectivity index (χ0v) is 15.9. The fourth-order valence-electron chi connectivity index (χ4n) is 3.17. The quantitative estimate of drug-likeness (QED) is 0.842. The first-order valence-corrected chi connectivity index (χ1v) is 9.28. The first-order valence-electron chi connectivity index (χ1n) is 9.28. The number of aromatic nitrogens is 2.